The predicted molar refractivity (Wildman–Crippen MR) is 154 cm³/mol. The van der Waals surface area contributed by atoms with Crippen LogP contribution in [0.4, 0.5) is 0 Å². The van der Waals surface area contributed by atoms with E-state index >= 15 is 0 Å². The first kappa shape index (κ1) is 29.7. The van der Waals surface area contributed by atoms with Crippen molar-refractivity contribution in [1.82, 2.24) is 14.5 Å². The van der Waals surface area contributed by atoms with Crippen LogP contribution in [0.3, 0.4) is 0 Å². The summed E-state index contributed by atoms with van der Waals surface area (Å²) in [5, 5.41) is 13.1. The van der Waals surface area contributed by atoms with Crippen LogP contribution in [0, 0.1) is 13.8 Å². The van der Waals surface area contributed by atoms with Gasteiger partial charge in [-0.25, -0.2) is 9.59 Å². The molecule has 0 spiro atoms. The SMILES string of the molecule is Cc1cccc(Cl)c1C(=O)NC(Cc1ccc(-c2c(C)n(C)c(=O)n(C)c2=O)cc1)C(=O)O[C@H]1CO[C@H]2[C@@H]1OC[C@@H]2O. The zero-order valence-corrected chi connectivity index (χ0v) is 24.4. The van der Waals surface area contributed by atoms with Crippen molar-refractivity contribution < 1.29 is 28.9 Å². The third-order valence-electron chi connectivity index (χ3n) is 7.93. The Labute approximate surface area is 246 Å². The highest BCUT2D eigenvalue weighted by atomic mass is 35.5. The fourth-order valence-corrected chi connectivity index (χ4v) is 5.75. The number of esters is 1. The number of aliphatic hydroxyl groups excluding tert-OH is 1. The van der Waals surface area contributed by atoms with Gasteiger partial charge in [-0.05, 0) is 36.6 Å². The lowest BCUT2D eigenvalue weighted by molar-refractivity contribution is -0.156. The van der Waals surface area contributed by atoms with Crippen molar-refractivity contribution in [2.75, 3.05) is 13.2 Å². The molecule has 1 unspecified atom stereocenters. The maximum absolute atomic E-state index is 13.5. The van der Waals surface area contributed by atoms with Crippen molar-refractivity contribution in [3.8, 4) is 11.1 Å². The van der Waals surface area contributed by atoms with Crippen molar-refractivity contribution in [1.29, 1.82) is 0 Å². The van der Waals surface area contributed by atoms with Crippen LogP contribution in [-0.2, 0) is 39.5 Å². The monoisotopic (exact) mass is 597 g/mol. The van der Waals surface area contributed by atoms with E-state index in [9.17, 15) is 24.3 Å². The molecule has 0 saturated carbocycles. The van der Waals surface area contributed by atoms with Gasteiger partial charge in [-0.15, -0.1) is 0 Å². The van der Waals surface area contributed by atoms with Gasteiger partial charge in [0.05, 0.1) is 29.4 Å². The van der Waals surface area contributed by atoms with E-state index in [0.717, 1.165) is 4.57 Å². The summed E-state index contributed by atoms with van der Waals surface area (Å²) in [7, 11) is 3.03. The first-order valence-electron chi connectivity index (χ1n) is 13.5. The van der Waals surface area contributed by atoms with E-state index in [4.69, 9.17) is 25.8 Å². The molecule has 2 N–H and O–H groups in total. The molecule has 12 heteroatoms. The number of hydrogen-bond acceptors (Lipinski definition) is 8. The van der Waals surface area contributed by atoms with Crippen LogP contribution in [0.25, 0.3) is 11.1 Å². The maximum Gasteiger partial charge on any atom is 0.330 e. The van der Waals surface area contributed by atoms with Gasteiger partial charge >= 0.3 is 11.7 Å². The maximum atomic E-state index is 13.5. The molecule has 2 aromatic carbocycles. The molecule has 5 rings (SSSR count). The molecule has 3 heterocycles. The molecule has 0 radical (unpaired) electrons. The Hall–Kier alpha value is -3.77. The summed E-state index contributed by atoms with van der Waals surface area (Å²) in [6.07, 6.45) is -2.65. The van der Waals surface area contributed by atoms with Crippen LogP contribution in [-0.4, -0.2) is 69.8 Å². The van der Waals surface area contributed by atoms with E-state index in [1.54, 1.807) is 63.4 Å². The van der Waals surface area contributed by atoms with Crippen LogP contribution in [0.5, 0.6) is 0 Å². The van der Waals surface area contributed by atoms with Gasteiger partial charge in [-0.2, -0.15) is 0 Å². The Kier molecular flexibility index (Phi) is 8.38. The molecule has 2 aliphatic heterocycles. The Morgan fingerprint density at radius 3 is 2.43 bits per heavy atom. The number of aromatic nitrogens is 2. The summed E-state index contributed by atoms with van der Waals surface area (Å²) in [5.41, 5.74) is 2.27. The van der Waals surface area contributed by atoms with Crippen LogP contribution >= 0.6 is 11.6 Å². The standard InChI is InChI=1S/C30H32ClN3O8/c1-15-6-5-7-19(31)23(15)27(36)32-20(29(38)42-22-14-41-25-21(35)13-40-26(22)25)12-17-8-10-18(11-9-17)24-16(2)33(3)30(39)34(4)28(24)37/h5-11,20-22,25-26,35H,12-14H2,1-4H3,(H,32,36)/t20?,21-,22-,25+,26+/m0/s1. The van der Waals surface area contributed by atoms with Crippen molar-refractivity contribution in [3.05, 3.63) is 90.7 Å². The molecule has 11 nitrogen and oxygen atoms in total. The number of ether oxygens (including phenoxy) is 3. The number of aliphatic hydroxyl groups is 1. The molecule has 2 fully saturated rings. The number of halogens is 1. The van der Waals surface area contributed by atoms with Gasteiger partial charge in [-0.1, -0.05) is 48.0 Å². The predicted octanol–water partition coefficient (Wildman–Crippen LogP) is 1.43. The van der Waals surface area contributed by atoms with Gasteiger partial charge in [0, 0.05) is 26.2 Å². The van der Waals surface area contributed by atoms with Crippen LogP contribution < -0.4 is 16.6 Å². The highest BCUT2D eigenvalue weighted by molar-refractivity contribution is 6.34. The highest BCUT2D eigenvalue weighted by Gasteiger charge is 2.49. The zero-order valence-electron chi connectivity index (χ0n) is 23.6. The van der Waals surface area contributed by atoms with Gasteiger partial charge in [0.15, 0.2) is 6.10 Å². The molecule has 0 aliphatic carbocycles. The van der Waals surface area contributed by atoms with Gasteiger partial charge in [0.25, 0.3) is 11.5 Å². The molecule has 1 aromatic heterocycles. The van der Waals surface area contributed by atoms with E-state index in [1.807, 2.05) is 0 Å². The summed E-state index contributed by atoms with van der Waals surface area (Å²) in [6, 6.07) is 10.9. The van der Waals surface area contributed by atoms with Gasteiger partial charge < -0.3 is 29.2 Å². The van der Waals surface area contributed by atoms with Gasteiger partial charge in [0.1, 0.15) is 24.4 Å². The lowest BCUT2D eigenvalue weighted by Gasteiger charge is -2.23. The summed E-state index contributed by atoms with van der Waals surface area (Å²) in [4.78, 5) is 51.9. The molecular formula is C30H32ClN3O8. The van der Waals surface area contributed by atoms with Crippen molar-refractivity contribution in [2.45, 2.75) is 50.7 Å². The molecule has 5 atom stereocenters. The fourth-order valence-electron chi connectivity index (χ4n) is 5.44. The Balaban J connectivity index is 1.41. The summed E-state index contributed by atoms with van der Waals surface area (Å²) < 4.78 is 19.4. The Morgan fingerprint density at radius 2 is 1.74 bits per heavy atom. The molecule has 2 aliphatic rings. The molecular weight excluding hydrogens is 566 g/mol. The number of carbonyl (C=O) groups excluding carboxylic acids is 2. The van der Waals surface area contributed by atoms with E-state index in [2.05, 4.69) is 5.32 Å². The molecule has 42 heavy (non-hydrogen) atoms. The molecule has 1 amide bonds. The number of hydrogen-bond donors (Lipinski definition) is 2. The minimum Gasteiger partial charge on any atom is -0.455 e. The van der Waals surface area contributed by atoms with Gasteiger partial charge in [0.2, 0.25) is 0 Å². The van der Waals surface area contributed by atoms with Crippen molar-refractivity contribution in [2.24, 2.45) is 14.1 Å². The largest absolute Gasteiger partial charge is 0.455 e. The zero-order chi connectivity index (χ0) is 30.3. The fraction of sp³-hybridized carbons (Fsp3) is 0.400. The summed E-state index contributed by atoms with van der Waals surface area (Å²) in [5.74, 6) is -1.23. The number of fused-ring (bicyclic) bond motifs is 1. The summed E-state index contributed by atoms with van der Waals surface area (Å²) in [6.45, 7) is 3.59. The number of amides is 1. The lowest BCUT2D eigenvalue weighted by Crippen LogP contribution is -2.46. The van der Waals surface area contributed by atoms with Crippen LogP contribution in [0.15, 0.2) is 52.1 Å². The highest BCUT2D eigenvalue weighted by Crippen LogP contribution is 2.29. The average Bonchev–Trinajstić information content (AvgIpc) is 3.53. The minimum atomic E-state index is -1.10. The Morgan fingerprint density at radius 1 is 1.05 bits per heavy atom. The second-order valence-corrected chi connectivity index (χ2v) is 11.1. The second kappa shape index (κ2) is 11.8. The van der Waals surface area contributed by atoms with Crippen molar-refractivity contribution in [3.63, 3.8) is 0 Å². The first-order valence-corrected chi connectivity index (χ1v) is 13.9. The van der Waals surface area contributed by atoms with E-state index in [0.29, 0.717) is 27.9 Å². The number of benzene rings is 2. The number of nitrogens with one attached hydrogen (secondary N) is 1. The number of aryl methyl sites for hydroxylation is 1. The Bertz CT molecular complexity index is 1630. The molecule has 0 bridgehead atoms. The number of carbonyl (C=O) groups is 2. The third-order valence-corrected chi connectivity index (χ3v) is 8.24. The molecule has 2 saturated heterocycles. The number of nitrogens with zero attached hydrogens (tertiary/aromatic N) is 2. The topological polar surface area (TPSA) is 138 Å². The van der Waals surface area contributed by atoms with Crippen LogP contribution in [0.1, 0.15) is 27.2 Å². The third kappa shape index (κ3) is 5.52. The smallest absolute Gasteiger partial charge is 0.330 e. The first-order chi connectivity index (χ1) is 20.0. The lowest BCUT2D eigenvalue weighted by atomic mass is 9.99. The van der Waals surface area contributed by atoms with E-state index in [-0.39, 0.29) is 30.2 Å². The second-order valence-electron chi connectivity index (χ2n) is 10.7. The average molecular weight is 598 g/mol. The quantitative estimate of drug-likeness (QED) is 0.390. The van der Waals surface area contributed by atoms with E-state index < -0.39 is 53.6 Å². The summed E-state index contributed by atoms with van der Waals surface area (Å²) >= 11 is 6.31. The van der Waals surface area contributed by atoms with Crippen LogP contribution in [0.2, 0.25) is 5.02 Å². The minimum absolute atomic E-state index is 0.0605. The van der Waals surface area contributed by atoms with E-state index in [1.165, 1.54) is 11.6 Å². The van der Waals surface area contributed by atoms with Gasteiger partial charge in [-0.3, -0.25) is 14.2 Å². The number of rotatable bonds is 7. The molecule has 3 aromatic rings. The normalized spacial score (nSPS) is 22.0. The molecule has 222 valence electrons. The van der Waals surface area contributed by atoms with Crippen molar-refractivity contribution >= 4 is 23.5 Å².